The number of rotatable bonds is 5. The van der Waals surface area contributed by atoms with E-state index in [-0.39, 0.29) is 5.38 Å². The number of hydrogen-bond acceptors (Lipinski definition) is 4. The van der Waals surface area contributed by atoms with E-state index in [2.05, 4.69) is 15.3 Å². The van der Waals surface area contributed by atoms with Crippen LogP contribution in [0.5, 0.6) is 0 Å². The number of benzene rings is 1. The predicted molar refractivity (Wildman–Crippen MR) is 69.5 cm³/mol. The van der Waals surface area contributed by atoms with Gasteiger partial charge in [-0.2, -0.15) is 0 Å². The Labute approximate surface area is 105 Å². The molecule has 0 aliphatic rings. The molecular formula is C12H14ClN3O. The summed E-state index contributed by atoms with van der Waals surface area (Å²) in [6.07, 6.45) is 1.55. The lowest BCUT2D eigenvalue weighted by molar-refractivity contribution is 0.200. The smallest absolute Gasteiger partial charge is 0.137 e. The molecule has 0 aliphatic heterocycles. The standard InChI is InChI=1S/C12H14ClN3O/c1-17-7-9(13)6-14-12-10-4-2-3-5-11(10)15-8-16-12/h2-5,8-9H,6-7H2,1H3,(H,14,15,16). The summed E-state index contributed by atoms with van der Waals surface area (Å²) in [4.78, 5) is 8.41. The number of alkyl halides is 1. The first-order valence-electron chi connectivity index (χ1n) is 5.38. The first-order valence-corrected chi connectivity index (χ1v) is 5.81. The zero-order chi connectivity index (χ0) is 12.1. The zero-order valence-corrected chi connectivity index (χ0v) is 10.3. The van der Waals surface area contributed by atoms with Crippen molar-refractivity contribution in [3.05, 3.63) is 30.6 Å². The average Bonchev–Trinajstić information content (AvgIpc) is 2.36. The molecule has 1 aromatic carbocycles. The summed E-state index contributed by atoms with van der Waals surface area (Å²) in [5, 5.41) is 4.13. The first-order chi connectivity index (χ1) is 8.31. The number of halogens is 1. The first kappa shape index (κ1) is 12.1. The van der Waals surface area contributed by atoms with Crippen molar-refractivity contribution in [1.82, 2.24) is 9.97 Å². The van der Waals surface area contributed by atoms with E-state index in [0.29, 0.717) is 13.2 Å². The number of methoxy groups -OCH3 is 1. The van der Waals surface area contributed by atoms with Gasteiger partial charge in [-0.25, -0.2) is 9.97 Å². The molecule has 0 fully saturated rings. The molecule has 2 aromatic rings. The number of ether oxygens (including phenoxy) is 1. The predicted octanol–water partition coefficient (Wildman–Crippen LogP) is 2.30. The summed E-state index contributed by atoms with van der Waals surface area (Å²) >= 11 is 6.05. The van der Waals surface area contributed by atoms with E-state index in [1.54, 1.807) is 13.4 Å². The minimum Gasteiger partial charge on any atom is -0.383 e. The normalized spacial score (nSPS) is 12.6. The summed E-state index contributed by atoms with van der Waals surface area (Å²) in [5.41, 5.74) is 0.919. The van der Waals surface area contributed by atoms with E-state index in [0.717, 1.165) is 16.7 Å². The average molecular weight is 252 g/mol. The van der Waals surface area contributed by atoms with Crippen molar-refractivity contribution in [1.29, 1.82) is 0 Å². The molecule has 0 bridgehead atoms. The summed E-state index contributed by atoms with van der Waals surface area (Å²) in [6.45, 7) is 1.12. The minimum absolute atomic E-state index is 0.0753. The summed E-state index contributed by atoms with van der Waals surface area (Å²) in [6, 6.07) is 7.85. The monoisotopic (exact) mass is 251 g/mol. The second-order valence-corrected chi connectivity index (χ2v) is 4.29. The Balaban J connectivity index is 2.13. The summed E-state index contributed by atoms with van der Waals surface area (Å²) < 4.78 is 4.97. The molecule has 5 heteroatoms. The SMILES string of the molecule is COCC(Cl)CNc1ncnc2ccccc12. The Morgan fingerprint density at radius 1 is 1.35 bits per heavy atom. The fourth-order valence-corrected chi connectivity index (χ4v) is 1.80. The molecule has 17 heavy (non-hydrogen) atoms. The van der Waals surface area contributed by atoms with Crippen LogP contribution in [0.2, 0.25) is 0 Å². The number of hydrogen-bond donors (Lipinski definition) is 1. The molecule has 0 radical (unpaired) electrons. The van der Waals surface area contributed by atoms with Gasteiger partial charge in [-0.05, 0) is 12.1 Å². The van der Waals surface area contributed by atoms with Crippen molar-refractivity contribution < 1.29 is 4.74 Å². The van der Waals surface area contributed by atoms with Gasteiger partial charge in [0.2, 0.25) is 0 Å². The van der Waals surface area contributed by atoms with Crippen LogP contribution >= 0.6 is 11.6 Å². The van der Waals surface area contributed by atoms with Crippen LogP contribution in [0.1, 0.15) is 0 Å². The molecule has 4 nitrogen and oxygen atoms in total. The van der Waals surface area contributed by atoms with Crippen molar-refractivity contribution in [2.24, 2.45) is 0 Å². The van der Waals surface area contributed by atoms with Crippen LogP contribution < -0.4 is 5.32 Å². The molecule has 0 amide bonds. The van der Waals surface area contributed by atoms with Gasteiger partial charge < -0.3 is 10.1 Å². The number of aromatic nitrogens is 2. The van der Waals surface area contributed by atoms with Crippen molar-refractivity contribution in [3.63, 3.8) is 0 Å². The van der Waals surface area contributed by atoms with Crippen molar-refractivity contribution in [3.8, 4) is 0 Å². The molecule has 1 atom stereocenters. The Morgan fingerprint density at radius 3 is 3.00 bits per heavy atom. The van der Waals surface area contributed by atoms with Crippen LogP contribution in [0.3, 0.4) is 0 Å². The van der Waals surface area contributed by atoms with Gasteiger partial charge in [0.1, 0.15) is 12.1 Å². The van der Waals surface area contributed by atoms with Crippen LogP contribution in [0.25, 0.3) is 10.9 Å². The van der Waals surface area contributed by atoms with E-state index in [4.69, 9.17) is 16.3 Å². The van der Waals surface area contributed by atoms with Gasteiger partial charge in [0.25, 0.3) is 0 Å². The van der Waals surface area contributed by atoms with Crippen molar-refractivity contribution >= 4 is 28.3 Å². The fraction of sp³-hybridized carbons (Fsp3) is 0.333. The van der Waals surface area contributed by atoms with E-state index in [1.807, 2.05) is 24.3 Å². The van der Waals surface area contributed by atoms with Crippen molar-refractivity contribution in [2.45, 2.75) is 5.38 Å². The maximum atomic E-state index is 6.05. The highest BCUT2D eigenvalue weighted by Crippen LogP contribution is 2.18. The Hall–Kier alpha value is -1.39. The quantitative estimate of drug-likeness (QED) is 0.829. The van der Waals surface area contributed by atoms with Crippen LogP contribution in [-0.4, -0.2) is 35.6 Å². The largest absolute Gasteiger partial charge is 0.383 e. The third kappa shape index (κ3) is 3.05. The number of fused-ring (bicyclic) bond motifs is 1. The van der Waals surface area contributed by atoms with E-state index < -0.39 is 0 Å². The van der Waals surface area contributed by atoms with Crippen LogP contribution in [0, 0.1) is 0 Å². The molecule has 2 rings (SSSR count). The Morgan fingerprint density at radius 2 is 2.18 bits per heavy atom. The number of anilines is 1. The van der Waals surface area contributed by atoms with Crippen LogP contribution in [-0.2, 0) is 4.74 Å². The highest BCUT2D eigenvalue weighted by Gasteiger charge is 2.06. The van der Waals surface area contributed by atoms with Gasteiger partial charge >= 0.3 is 0 Å². The van der Waals surface area contributed by atoms with Gasteiger partial charge in [-0.3, -0.25) is 0 Å². The topological polar surface area (TPSA) is 47.0 Å². The number of nitrogens with zero attached hydrogens (tertiary/aromatic N) is 2. The molecule has 1 unspecified atom stereocenters. The maximum Gasteiger partial charge on any atom is 0.137 e. The second-order valence-electron chi connectivity index (χ2n) is 3.67. The van der Waals surface area contributed by atoms with E-state index in [9.17, 15) is 0 Å². The third-order valence-electron chi connectivity index (χ3n) is 2.38. The lowest BCUT2D eigenvalue weighted by Crippen LogP contribution is -2.19. The second kappa shape index (κ2) is 5.80. The molecule has 1 N–H and O–H groups in total. The molecular weight excluding hydrogens is 238 g/mol. The maximum absolute atomic E-state index is 6.05. The minimum atomic E-state index is -0.0753. The molecule has 0 saturated carbocycles. The highest BCUT2D eigenvalue weighted by atomic mass is 35.5. The zero-order valence-electron chi connectivity index (χ0n) is 9.56. The van der Waals surface area contributed by atoms with Crippen LogP contribution in [0.4, 0.5) is 5.82 Å². The lowest BCUT2D eigenvalue weighted by Gasteiger charge is -2.11. The molecule has 0 spiro atoms. The van der Waals surface area contributed by atoms with Gasteiger partial charge in [0.05, 0.1) is 17.5 Å². The third-order valence-corrected chi connectivity index (χ3v) is 2.66. The van der Waals surface area contributed by atoms with Gasteiger partial charge in [-0.15, -0.1) is 11.6 Å². The Kier molecular flexibility index (Phi) is 4.12. The van der Waals surface area contributed by atoms with Crippen molar-refractivity contribution in [2.75, 3.05) is 25.6 Å². The van der Waals surface area contributed by atoms with E-state index in [1.165, 1.54) is 0 Å². The molecule has 0 saturated heterocycles. The number of para-hydroxylation sites is 1. The molecule has 1 heterocycles. The van der Waals surface area contributed by atoms with Gasteiger partial charge in [0, 0.05) is 19.0 Å². The van der Waals surface area contributed by atoms with E-state index >= 15 is 0 Å². The molecule has 1 aromatic heterocycles. The van der Waals surface area contributed by atoms with Crippen LogP contribution in [0.15, 0.2) is 30.6 Å². The molecule has 0 aliphatic carbocycles. The summed E-state index contributed by atoms with van der Waals surface area (Å²) in [5.74, 6) is 0.803. The molecule has 90 valence electrons. The lowest BCUT2D eigenvalue weighted by atomic mass is 10.2. The highest BCUT2D eigenvalue weighted by molar-refractivity contribution is 6.21. The summed E-state index contributed by atoms with van der Waals surface area (Å²) in [7, 11) is 1.63. The van der Waals surface area contributed by atoms with Gasteiger partial charge in [-0.1, -0.05) is 12.1 Å². The van der Waals surface area contributed by atoms with Gasteiger partial charge in [0.15, 0.2) is 0 Å². The fourth-order valence-electron chi connectivity index (χ4n) is 1.59. The Bertz CT molecular complexity index is 487. The number of nitrogens with one attached hydrogen (secondary N) is 1.